The minimum Gasteiger partial charge on any atom is -0.353 e. The molecule has 1 saturated heterocycles. The van der Waals surface area contributed by atoms with Crippen LogP contribution in [-0.4, -0.2) is 30.8 Å². The predicted molar refractivity (Wildman–Crippen MR) is 44.6 cm³/mol. The highest BCUT2D eigenvalue weighted by Gasteiger charge is 2.26. The van der Waals surface area contributed by atoms with Crippen LogP contribution in [0.1, 0.15) is 6.42 Å². The molecule has 0 aromatic carbocycles. The van der Waals surface area contributed by atoms with E-state index in [-0.39, 0.29) is 18.1 Å². The molecule has 2 N–H and O–H groups in total. The number of piperazine rings is 1. The summed E-state index contributed by atoms with van der Waals surface area (Å²) in [6.45, 7) is 4.69. The molecule has 0 spiro atoms. The molecular formula is C8H12N2O2. The van der Waals surface area contributed by atoms with Crippen molar-refractivity contribution in [2.24, 2.45) is 0 Å². The average Bonchev–Trinajstić information content (AvgIpc) is 2.05. The molecule has 1 aliphatic rings. The zero-order valence-electron chi connectivity index (χ0n) is 6.80. The number of rotatable bonds is 3. The molecule has 0 aromatic rings. The van der Waals surface area contributed by atoms with Crippen LogP contribution >= 0.6 is 0 Å². The van der Waals surface area contributed by atoms with Gasteiger partial charge in [-0.25, -0.2) is 0 Å². The van der Waals surface area contributed by atoms with Crippen LogP contribution in [0.15, 0.2) is 12.7 Å². The summed E-state index contributed by atoms with van der Waals surface area (Å²) < 4.78 is 0. The molecule has 1 aliphatic heterocycles. The van der Waals surface area contributed by atoms with Gasteiger partial charge in [0.1, 0.15) is 6.04 Å². The Morgan fingerprint density at radius 1 is 1.67 bits per heavy atom. The summed E-state index contributed by atoms with van der Waals surface area (Å²) in [6, 6.07) is -0.670. The van der Waals surface area contributed by atoms with Gasteiger partial charge in [0.25, 0.3) is 0 Å². The summed E-state index contributed by atoms with van der Waals surface area (Å²) in [5.74, 6) is -0.352. The first kappa shape index (κ1) is 8.93. The number of carbonyl (C=O) groups is 2. The van der Waals surface area contributed by atoms with E-state index in [0.717, 1.165) is 0 Å². The summed E-state index contributed by atoms with van der Waals surface area (Å²) in [4.78, 5) is 22.3. The van der Waals surface area contributed by atoms with E-state index in [1.54, 1.807) is 0 Å². The highest BCUT2D eigenvalue weighted by molar-refractivity contribution is 6.06. The van der Waals surface area contributed by atoms with Crippen LogP contribution in [0.2, 0.25) is 0 Å². The normalized spacial score (nSPS) is 23.0. The highest BCUT2D eigenvalue weighted by atomic mass is 16.2. The number of hydrogen-bond acceptors (Lipinski definition) is 3. The van der Waals surface area contributed by atoms with Gasteiger partial charge in [-0.15, -0.1) is 6.58 Å². The van der Waals surface area contributed by atoms with Crippen molar-refractivity contribution in [3.8, 4) is 0 Å². The maximum atomic E-state index is 11.2. The molecule has 66 valence electrons. The summed E-state index contributed by atoms with van der Waals surface area (Å²) in [5, 5.41) is 5.46. The second-order valence-electron chi connectivity index (χ2n) is 2.64. The molecule has 0 bridgehead atoms. The quantitative estimate of drug-likeness (QED) is 0.429. The van der Waals surface area contributed by atoms with Gasteiger partial charge in [-0.2, -0.15) is 0 Å². The molecule has 12 heavy (non-hydrogen) atoms. The van der Waals surface area contributed by atoms with Gasteiger partial charge in [-0.1, -0.05) is 6.08 Å². The van der Waals surface area contributed by atoms with Gasteiger partial charge in [0, 0.05) is 19.5 Å². The Morgan fingerprint density at radius 2 is 2.42 bits per heavy atom. The zero-order chi connectivity index (χ0) is 8.97. The summed E-state index contributed by atoms with van der Waals surface area (Å²) in [5.41, 5.74) is 0. The number of hydrogen-bond donors (Lipinski definition) is 2. The lowest BCUT2D eigenvalue weighted by molar-refractivity contribution is -0.132. The van der Waals surface area contributed by atoms with Crippen LogP contribution in [0.5, 0.6) is 0 Å². The molecule has 1 rings (SSSR count). The van der Waals surface area contributed by atoms with Gasteiger partial charge in [0.2, 0.25) is 5.91 Å². The number of allylic oxidation sites excluding steroid dienone is 1. The van der Waals surface area contributed by atoms with E-state index in [9.17, 15) is 9.59 Å². The van der Waals surface area contributed by atoms with Crippen molar-refractivity contribution in [3.05, 3.63) is 12.7 Å². The molecule has 4 nitrogen and oxygen atoms in total. The van der Waals surface area contributed by atoms with Crippen molar-refractivity contribution in [3.63, 3.8) is 0 Å². The Hall–Kier alpha value is -1.16. The smallest absolute Gasteiger partial charge is 0.244 e. The van der Waals surface area contributed by atoms with Gasteiger partial charge < -0.3 is 5.32 Å². The second kappa shape index (κ2) is 4.01. The maximum absolute atomic E-state index is 11.2. The van der Waals surface area contributed by atoms with E-state index in [1.807, 2.05) is 0 Å². The van der Waals surface area contributed by atoms with Crippen molar-refractivity contribution in [1.82, 2.24) is 10.6 Å². The van der Waals surface area contributed by atoms with Crippen LogP contribution in [0.4, 0.5) is 0 Å². The Bertz CT molecular complexity index is 213. The molecule has 1 heterocycles. The van der Waals surface area contributed by atoms with Crippen LogP contribution in [-0.2, 0) is 9.59 Å². The van der Waals surface area contributed by atoms with Crippen molar-refractivity contribution >= 4 is 11.7 Å². The standard InChI is InChI=1S/C8H12N2O2/c1-2-3-6(11)7-8(12)10-5-4-9-7/h2,7,9H,1,3-5H2,(H,10,12). The average molecular weight is 168 g/mol. The molecule has 1 atom stereocenters. The molecule has 1 fully saturated rings. The van der Waals surface area contributed by atoms with Crippen molar-refractivity contribution < 1.29 is 9.59 Å². The number of ketones is 1. The number of Topliss-reactive ketones (excluding diaryl/α,β-unsaturated/α-hetero) is 1. The van der Waals surface area contributed by atoms with E-state index in [2.05, 4.69) is 17.2 Å². The fraction of sp³-hybridized carbons (Fsp3) is 0.500. The molecule has 1 amide bonds. The van der Waals surface area contributed by atoms with E-state index in [4.69, 9.17) is 0 Å². The highest BCUT2D eigenvalue weighted by Crippen LogP contribution is 1.95. The minimum absolute atomic E-state index is 0.123. The number of nitrogens with one attached hydrogen (secondary N) is 2. The van der Waals surface area contributed by atoms with Gasteiger partial charge in [0.15, 0.2) is 5.78 Å². The van der Waals surface area contributed by atoms with E-state index < -0.39 is 6.04 Å². The first-order chi connectivity index (χ1) is 5.75. The number of carbonyl (C=O) groups excluding carboxylic acids is 2. The SMILES string of the molecule is C=CCC(=O)C1NCCNC1=O. The van der Waals surface area contributed by atoms with Gasteiger partial charge in [-0.05, 0) is 0 Å². The Labute approximate surface area is 71.0 Å². The Kier molecular flexibility index (Phi) is 2.99. The summed E-state index contributed by atoms with van der Waals surface area (Å²) in [6.07, 6.45) is 1.75. The van der Waals surface area contributed by atoms with Crippen LogP contribution in [0, 0.1) is 0 Å². The van der Waals surface area contributed by atoms with E-state index >= 15 is 0 Å². The lowest BCUT2D eigenvalue weighted by Crippen LogP contribution is -2.56. The molecule has 0 radical (unpaired) electrons. The third-order valence-electron chi connectivity index (χ3n) is 1.70. The topological polar surface area (TPSA) is 58.2 Å². The molecule has 0 aliphatic carbocycles. The van der Waals surface area contributed by atoms with Gasteiger partial charge in [0.05, 0.1) is 0 Å². The molecule has 0 saturated carbocycles. The lowest BCUT2D eigenvalue weighted by atomic mass is 10.1. The fourth-order valence-corrected chi connectivity index (χ4v) is 1.12. The Morgan fingerprint density at radius 3 is 3.00 bits per heavy atom. The zero-order valence-corrected chi connectivity index (χ0v) is 6.80. The van der Waals surface area contributed by atoms with Gasteiger partial charge >= 0.3 is 0 Å². The molecule has 4 heteroatoms. The van der Waals surface area contributed by atoms with E-state index in [1.165, 1.54) is 6.08 Å². The Balaban J connectivity index is 2.53. The minimum atomic E-state index is -0.670. The van der Waals surface area contributed by atoms with Crippen molar-refractivity contribution in [1.29, 1.82) is 0 Å². The van der Waals surface area contributed by atoms with Crippen LogP contribution < -0.4 is 10.6 Å². The first-order valence-electron chi connectivity index (χ1n) is 3.90. The number of amides is 1. The van der Waals surface area contributed by atoms with Gasteiger partial charge in [-0.3, -0.25) is 14.9 Å². The molecule has 1 unspecified atom stereocenters. The van der Waals surface area contributed by atoms with E-state index in [0.29, 0.717) is 13.1 Å². The van der Waals surface area contributed by atoms with Crippen LogP contribution in [0.3, 0.4) is 0 Å². The first-order valence-corrected chi connectivity index (χ1v) is 3.90. The largest absolute Gasteiger partial charge is 0.353 e. The van der Waals surface area contributed by atoms with Crippen molar-refractivity contribution in [2.45, 2.75) is 12.5 Å². The van der Waals surface area contributed by atoms with Crippen LogP contribution in [0.25, 0.3) is 0 Å². The molecule has 0 aromatic heterocycles. The monoisotopic (exact) mass is 168 g/mol. The fourth-order valence-electron chi connectivity index (χ4n) is 1.12. The third kappa shape index (κ3) is 1.92. The maximum Gasteiger partial charge on any atom is 0.244 e. The van der Waals surface area contributed by atoms with Crippen molar-refractivity contribution in [2.75, 3.05) is 13.1 Å². The summed E-state index contributed by atoms with van der Waals surface area (Å²) >= 11 is 0. The predicted octanol–water partition coefficient (Wildman–Crippen LogP) is -0.780. The second-order valence-corrected chi connectivity index (χ2v) is 2.64. The third-order valence-corrected chi connectivity index (χ3v) is 1.70. The summed E-state index contributed by atoms with van der Waals surface area (Å²) in [7, 11) is 0. The molecular weight excluding hydrogens is 156 g/mol. The lowest BCUT2D eigenvalue weighted by Gasteiger charge is -2.21.